The summed E-state index contributed by atoms with van der Waals surface area (Å²) in [5, 5.41) is 4.65. The molecular weight excluding hydrogens is 288 g/mol. The highest BCUT2D eigenvalue weighted by Gasteiger charge is 2.33. The van der Waals surface area contributed by atoms with Gasteiger partial charge in [-0.1, -0.05) is 13.3 Å². The fraction of sp³-hybridized carbons (Fsp3) is 0.733. The van der Waals surface area contributed by atoms with Crippen LogP contribution in [0.2, 0.25) is 0 Å². The summed E-state index contributed by atoms with van der Waals surface area (Å²) in [6.07, 6.45) is 5.66. The van der Waals surface area contributed by atoms with Crippen LogP contribution in [0.25, 0.3) is 11.2 Å². The molecule has 3 rings (SSSR count). The number of fused-ring (bicyclic) bond motifs is 1. The van der Waals surface area contributed by atoms with Crippen LogP contribution in [0, 0.1) is 0 Å². The highest BCUT2D eigenvalue weighted by molar-refractivity contribution is 6.16. The van der Waals surface area contributed by atoms with Crippen LogP contribution in [0.3, 0.4) is 0 Å². The van der Waals surface area contributed by atoms with E-state index in [1.165, 1.54) is 6.42 Å². The van der Waals surface area contributed by atoms with Gasteiger partial charge >= 0.3 is 0 Å². The van der Waals surface area contributed by atoms with Gasteiger partial charge in [0.25, 0.3) is 0 Å². The highest BCUT2D eigenvalue weighted by Crippen LogP contribution is 2.36. The Balaban J connectivity index is 2.16. The van der Waals surface area contributed by atoms with Gasteiger partial charge in [-0.2, -0.15) is 5.10 Å². The van der Waals surface area contributed by atoms with Gasteiger partial charge in [-0.25, -0.2) is 4.98 Å². The fourth-order valence-corrected chi connectivity index (χ4v) is 3.76. The van der Waals surface area contributed by atoms with Crippen LogP contribution < -0.4 is 0 Å². The second-order valence-electron chi connectivity index (χ2n) is 5.80. The Morgan fingerprint density at radius 1 is 1.38 bits per heavy atom. The van der Waals surface area contributed by atoms with Crippen molar-refractivity contribution in [3.63, 3.8) is 0 Å². The van der Waals surface area contributed by atoms with Crippen molar-refractivity contribution >= 4 is 22.8 Å². The van der Waals surface area contributed by atoms with E-state index in [1.807, 2.05) is 11.7 Å². The summed E-state index contributed by atoms with van der Waals surface area (Å²) < 4.78 is 9.90. The van der Waals surface area contributed by atoms with E-state index in [1.54, 1.807) is 7.11 Å². The minimum atomic E-state index is 0.244. The number of ether oxygens (including phenoxy) is 1. The van der Waals surface area contributed by atoms with Gasteiger partial charge < -0.3 is 9.30 Å². The average molecular weight is 311 g/mol. The van der Waals surface area contributed by atoms with Crippen molar-refractivity contribution in [1.82, 2.24) is 19.3 Å². The maximum absolute atomic E-state index is 6.16. The molecule has 0 aliphatic heterocycles. The van der Waals surface area contributed by atoms with Crippen LogP contribution in [0.1, 0.15) is 50.2 Å². The SMILES string of the molecule is CCCc1nn(C)c2c1nc(CCl)n2C1CCCC1OC. The first-order valence-electron chi connectivity index (χ1n) is 7.72. The van der Waals surface area contributed by atoms with E-state index in [-0.39, 0.29) is 6.10 Å². The van der Waals surface area contributed by atoms with Crippen LogP contribution in [-0.4, -0.2) is 32.5 Å². The zero-order valence-electron chi connectivity index (χ0n) is 13.0. The zero-order valence-corrected chi connectivity index (χ0v) is 13.7. The molecule has 2 heterocycles. The van der Waals surface area contributed by atoms with E-state index in [0.717, 1.165) is 48.4 Å². The van der Waals surface area contributed by atoms with Crippen LogP contribution >= 0.6 is 11.6 Å². The fourth-order valence-electron chi connectivity index (χ4n) is 3.57. The number of nitrogens with zero attached hydrogens (tertiary/aromatic N) is 4. The largest absolute Gasteiger partial charge is 0.379 e. The Morgan fingerprint density at radius 3 is 2.86 bits per heavy atom. The van der Waals surface area contributed by atoms with Crippen molar-refractivity contribution in [3.05, 3.63) is 11.5 Å². The number of hydrogen-bond acceptors (Lipinski definition) is 3. The molecule has 1 saturated carbocycles. The summed E-state index contributed by atoms with van der Waals surface area (Å²) in [6.45, 7) is 2.16. The van der Waals surface area contributed by atoms with Gasteiger partial charge in [0.1, 0.15) is 11.3 Å². The van der Waals surface area contributed by atoms with Crippen LogP contribution in [0.5, 0.6) is 0 Å². The Hall–Kier alpha value is -1.07. The Morgan fingerprint density at radius 2 is 2.19 bits per heavy atom. The van der Waals surface area contributed by atoms with E-state index in [0.29, 0.717) is 11.9 Å². The maximum Gasteiger partial charge on any atom is 0.159 e. The summed E-state index contributed by atoms with van der Waals surface area (Å²) in [4.78, 5) is 4.78. The van der Waals surface area contributed by atoms with Crippen molar-refractivity contribution in [2.75, 3.05) is 7.11 Å². The monoisotopic (exact) mass is 310 g/mol. The molecule has 0 saturated heterocycles. The molecule has 2 unspecified atom stereocenters. The first kappa shape index (κ1) is 14.9. The zero-order chi connectivity index (χ0) is 15.0. The molecule has 1 fully saturated rings. The van der Waals surface area contributed by atoms with E-state index < -0.39 is 0 Å². The predicted molar refractivity (Wildman–Crippen MR) is 83.7 cm³/mol. The van der Waals surface area contributed by atoms with Crippen LogP contribution in [-0.2, 0) is 24.1 Å². The molecule has 0 N–H and O–H groups in total. The van der Waals surface area contributed by atoms with Gasteiger partial charge in [0.2, 0.25) is 0 Å². The van der Waals surface area contributed by atoms with E-state index in [4.69, 9.17) is 21.3 Å². The summed E-state index contributed by atoms with van der Waals surface area (Å²) in [6, 6.07) is 0.318. The molecule has 21 heavy (non-hydrogen) atoms. The highest BCUT2D eigenvalue weighted by atomic mass is 35.5. The minimum Gasteiger partial charge on any atom is -0.379 e. The summed E-state index contributed by atoms with van der Waals surface area (Å²) in [5.41, 5.74) is 3.17. The number of rotatable bonds is 5. The number of aromatic nitrogens is 4. The molecule has 0 amide bonds. The lowest BCUT2D eigenvalue weighted by Crippen LogP contribution is -2.23. The van der Waals surface area contributed by atoms with Gasteiger partial charge in [-0.3, -0.25) is 4.68 Å². The molecule has 0 radical (unpaired) electrons. The van der Waals surface area contributed by atoms with Crippen molar-refractivity contribution < 1.29 is 4.74 Å². The lowest BCUT2D eigenvalue weighted by Gasteiger charge is -2.22. The molecular formula is C15H23ClN4O. The van der Waals surface area contributed by atoms with Crippen molar-refractivity contribution in [2.45, 2.75) is 57.1 Å². The Kier molecular flexibility index (Phi) is 4.22. The first-order chi connectivity index (χ1) is 10.2. The number of aryl methyl sites for hydroxylation is 2. The normalized spacial score (nSPS) is 22.5. The number of hydrogen-bond donors (Lipinski definition) is 0. The van der Waals surface area contributed by atoms with Gasteiger partial charge in [-0.05, 0) is 25.7 Å². The lowest BCUT2D eigenvalue weighted by atomic mass is 10.2. The molecule has 116 valence electrons. The summed E-state index contributed by atoms with van der Waals surface area (Å²) >= 11 is 6.16. The summed E-state index contributed by atoms with van der Waals surface area (Å²) in [7, 11) is 3.79. The van der Waals surface area contributed by atoms with E-state index in [9.17, 15) is 0 Å². The van der Waals surface area contributed by atoms with Gasteiger partial charge in [0.15, 0.2) is 5.65 Å². The third-order valence-corrected chi connectivity index (χ3v) is 4.71. The van der Waals surface area contributed by atoms with Crippen LogP contribution in [0.4, 0.5) is 0 Å². The topological polar surface area (TPSA) is 44.9 Å². The Bertz CT molecular complexity index is 633. The van der Waals surface area contributed by atoms with Gasteiger partial charge in [-0.15, -0.1) is 11.6 Å². The standard InChI is InChI=1S/C15H23ClN4O/c1-4-6-10-14-15(19(2)18-10)20(13(9-16)17-14)11-7-5-8-12(11)21-3/h11-12H,4-9H2,1-3H3. The maximum atomic E-state index is 6.16. The molecule has 0 bridgehead atoms. The number of halogens is 1. The molecule has 0 spiro atoms. The molecule has 2 aromatic heterocycles. The molecule has 0 aromatic carbocycles. The van der Waals surface area contributed by atoms with Crippen molar-refractivity contribution in [2.24, 2.45) is 7.05 Å². The average Bonchev–Trinajstić information content (AvgIpc) is 3.15. The molecule has 5 nitrogen and oxygen atoms in total. The number of imidazole rings is 1. The third-order valence-electron chi connectivity index (χ3n) is 4.47. The van der Waals surface area contributed by atoms with Crippen LogP contribution in [0.15, 0.2) is 0 Å². The Labute approximate surface area is 130 Å². The molecule has 2 aromatic rings. The first-order valence-corrected chi connectivity index (χ1v) is 8.26. The third kappa shape index (κ3) is 2.36. The summed E-state index contributed by atoms with van der Waals surface area (Å²) in [5.74, 6) is 1.36. The van der Waals surface area contributed by atoms with Crippen molar-refractivity contribution in [1.29, 1.82) is 0 Å². The molecule has 1 aliphatic carbocycles. The van der Waals surface area contributed by atoms with Gasteiger partial charge in [0, 0.05) is 14.2 Å². The van der Waals surface area contributed by atoms with Crippen molar-refractivity contribution in [3.8, 4) is 0 Å². The number of alkyl halides is 1. The van der Waals surface area contributed by atoms with E-state index in [2.05, 4.69) is 16.6 Å². The second kappa shape index (κ2) is 5.97. The molecule has 1 aliphatic rings. The molecule has 6 heteroatoms. The minimum absolute atomic E-state index is 0.244. The molecule has 2 atom stereocenters. The smallest absolute Gasteiger partial charge is 0.159 e. The van der Waals surface area contributed by atoms with E-state index >= 15 is 0 Å². The quantitative estimate of drug-likeness (QED) is 0.797. The van der Waals surface area contributed by atoms with Gasteiger partial charge in [0.05, 0.1) is 23.7 Å². The lowest BCUT2D eigenvalue weighted by molar-refractivity contribution is 0.0751. The second-order valence-corrected chi connectivity index (χ2v) is 6.06. The predicted octanol–water partition coefficient (Wildman–Crippen LogP) is 3.20. The number of methoxy groups -OCH3 is 1.